The van der Waals surface area contributed by atoms with E-state index in [0.717, 1.165) is 57.8 Å². The van der Waals surface area contributed by atoms with Gasteiger partial charge in [-0.05, 0) is 45.0 Å². The predicted molar refractivity (Wildman–Crippen MR) is 98.8 cm³/mol. The molecule has 0 aliphatic carbocycles. The fraction of sp³-hybridized carbons (Fsp3) is 0.600. The van der Waals surface area contributed by atoms with Gasteiger partial charge in [0.2, 0.25) is 5.91 Å². The van der Waals surface area contributed by atoms with Gasteiger partial charge in [-0.3, -0.25) is 19.6 Å². The maximum absolute atomic E-state index is 12.8. The molecule has 2 aliphatic heterocycles. The van der Waals surface area contributed by atoms with Gasteiger partial charge in [0.25, 0.3) is 0 Å². The van der Waals surface area contributed by atoms with Gasteiger partial charge in [0.1, 0.15) is 0 Å². The van der Waals surface area contributed by atoms with Crippen molar-refractivity contribution in [2.45, 2.75) is 25.8 Å². The van der Waals surface area contributed by atoms with Gasteiger partial charge in [-0.25, -0.2) is 0 Å². The first kappa shape index (κ1) is 17.9. The minimum atomic E-state index is 0.175. The molecule has 0 radical (unpaired) electrons. The van der Waals surface area contributed by atoms with Crippen LogP contribution in [0.2, 0.25) is 0 Å². The van der Waals surface area contributed by atoms with E-state index in [1.54, 1.807) is 0 Å². The first-order chi connectivity index (χ1) is 12.2. The summed E-state index contributed by atoms with van der Waals surface area (Å²) < 4.78 is 0. The molecule has 5 nitrogen and oxygen atoms in total. The third-order valence-corrected chi connectivity index (χ3v) is 5.54. The number of carbonyl (C=O) groups excluding carboxylic acids is 1. The van der Waals surface area contributed by atoms with Gasteiger partial charge in [-0.15, -0.1) is 6.42 Å². The zero-order chi connectivity index (χ0) is 17.6. The Bertz CT molecular complexity index is 596. The molecule has 0 saturated carbocycles. The third kappa shape index (κ3) is 4.39. The Balaban J connectivity index is 1.47. The molecule has 0 aromatic carbocycles. The van der Waals surface area contributed by atoms with E-state index in [2.05, 4.69) is 38.6 Å². The Labute approximate surface area is 151 Å². The summed E-state index contributed by atoms with van der Waals surface area (Å²) in [5, 5.41) is 0. The van der Waals surface area contributed by atoms with Crippen LogP contribution in [0.15, 0.2) is 24.4 Å². The van der Waals surface area contributed by atoms with Crippen LogP contribution in [0.3, 0.4) is 0 Å². The van der Waals surface area contributed by atoms with Gasteiger partial charge in [0.05, 0.1) is 12.2 Å². The number of piperidine rings is 1. The fourth-order valence-electron chi connectivity index (χ4n) is 3.87. The summed E-state index contributed by atoms with van der Waals surface area (Å²) in [4.78, 5) is 24.0. The van der Waals surface area contributed by atoms with Gasteiger partial charge in [0.15, 0.2) is 0 Å². The third-order valence-electron chi connectivity index (χ3n) is 5.54. The quantitative estimate of drug-likeness (QED) is 0.781. The normalized spacial score (nSPS) is 21.7. The Morgan fingerprint density at radius 2 is 1.96 bits per heavy atom. The Morgan fingerprint density at radius 3 is 2.56 bits per heavy atom. The zero-order valence-electron chi connectivity index (χ0n) is 15.1. The summed E-state index contributed by atoms with van der Waals surface area (Å²) in [5.74, 6) is 3.21. The number of rotatable bonds is 4. The molecule has 25 heavy (non-hydrogen) atoms. The number of carbonyl (C=O) groups is 1. The molecular weight excluding hydrogens is 312 g/mol. The first-order valence-corrected chi connectivity index (χ1v) is 9.28. The van der Waals surface area contributed by atoms with Gasteiger partial charge in [0, 0.05) is 44.3 Å². The van der Waals surface area contributed by atoms with E-state index in [-0.39, 0.29) is 5.92 Å². The number of terminal acetylenes is 1. The average molecular weight is 340 g/mol. The summed E-state index contributed by atoms with van der Waals surface area (Å²) in [6.07, 6.45) is 9.09. The van der Waals surface area contributed by atoms with Crippen molar-refractivity contribution in [1.29, 1.82) is 0 Å². The lowest BCUT2D eigenvalue weighted by molar-refractivity contribution is -0.139. The van der Waals surface area contributed by atoms with E-state index >= 15 is 0 Å². The number of hydrogen-bond acceptors (Lipinski definition) is 4. The molecular formula is C20H28N4O. The molecule has 0 N–H and O–H groups in total. The maximum atomic E-state index is 12.8. The van der Waals surface area contributed by atoms with Gasteiger partial charge in [-0.2, -0.15) is 0 Å². The molecule has 5 heteroatoms. The first-order valence-electron chi connectivity index (χ1n) is 9.28. The van der Waals surface area contributed by atoms with Crippen molar-refractivity contribution in [2.24, 2.45) is 5.92 Å². The molecule has 1 amide bonds. The number of hydrogen-bond donors (Lipinski definition) is 0. The Kier molecular flexibility index (Phi) is 6.06. The van der Waals surface area contributed by atoms with E-state index in [4.69, 9.17) is 6.42 Å². The van der Waals surface area contributed by atoms with Crippen LogP contribution in [-0.2, 0) is 4.79 Å². The molecule has 1 aromatic rings. The predicted octanol–water partition coefficient (Wildman–Crippen LogP) is 1.63. The lowest BCUT2D eigenvalue weighted by Gasteiger charge is -2.40. The number of amides is 1. The van der Waals surface area contributed by atoms with Crippen molar-refractivity contribution in [3.05, 3.63) is 30.1 Å². The van der Waals surface area contributed by atoms with E-state index in [9.17, 15) is 4.79 Å². The van der Waals surface area contributed by atoms with Crippen LogP contribution in [0.4, 0.5) is 0 Å². The largest absolute Gasteiger partial charge is 0.340 e. The van der Waals surface area contributed by atoms with Gasteiger partial charge < -0.3 is 4.90 Å². The Hall–Kier alpha value is -1.90. The summed E-state index contributed by atoms with van der Waals surface area (Å²) in [5.41, 5.74) is 1.10. The highest BCUT2D eigenvalue weighted by atomic mass is 16.2. The monoisotopic (exact) mass is 340 g/mol. The number of piperazine rings is 1. The van der Waals surface area contributed by atoms with E-state index in [1.807, 2.05) is 18.3 Å². The minimum absolute atomic E-state index is 0.175. The summed E-state index contributed by atoms with van der Waals surface area (Å²) in [6.45, 7) is 8.25. The highest BCUT2D eigenvalue weighted by Gasteiger charge is 2.31. The molecule has 2 saturated heterocycles. The molecule has 1 aromatic heterocycles. The summed E-state index contributed by atoms with van der Waals surface area (Å²) in [7, 11) is 0. The standard InChI is InChI=1S/C20H28N4O/c1-3-10-22-11-7-18(8-12-22)20(25)24-15-13-23(14-16-24)17(2)19-6-4-5-9-21-19/h1,4-6,9,17-18H,7-8,10-16H2,2H3/t17-/m1/s1. The van der Waals surface area contributed by atoms with Crippen molar-refractivity contribution < 1.29 is 4.79 Å². The molecule has 134 valence electrons. The van der Waals surface area contributed by atoms with E-state index in [0.29, 0.717) is 18.5 Å². The van der Waals surface area contributed by atoms with Crippen molar-refractivity contribution in [1.82, 2.24) is 19.7 Å². The Morgan fingerprint density at radius 1 is 1.24 bits per heavy atom. The molecule has 3 rings (SSSR count). The van der Waals surface area contributed by atoms with Crippen LogP contribution < -0.4 is 0 Å². The second-order valence-electron chi connectivity index (χ2n) is 7.05. The molecule has 2 fully saturated rings. The van der Waals surface area contributed by atoms with E-state index < -0.39 is 0 Å². The number of nitrogens with zero attached hydrogens (tertiary/aromatic N) is 4. The molecule has 2 aliphatic rings. The van der Waals surface area contributed by atoms with Crippen LogP contribution in [0, 0.1) is 18.3 Å². The van der Waals surface area contributed by atoms with Crippen LogP contribution in [0.25, 0.3) is 0 Å². The molecule has 0 spiro atoms. The second kappa shape index (κ2) is 8.46. The van der Waals surface area contributed by atoms with Crippen molar-refractivity contribution in [3.63, 3.8) is 0 Å². The van der Waals surface area contributed by atoms with Crippen LogP contribution >= 0.6 is 0 Å². The zero-order valence-corrected chi connectivity index (χ0v) is 15.1. The minimum Gasteiger partial charge on any atom is -0.340 e. The van der Waals surface area contributed by atoms with Crippen LogP contribution in [0.5, 0.6) is 0 Å². The molecule has 0 unspecified atom stereocenters. The van der Waals surface area contributed by atoms with Crippen LogP contribution in [-0.4, -0.2) is 71.4 Å². The molecule has 0 bridgehead atoms. The van der Waals surface area contributed by atoms with Crippen molar-refractivity contribution >= 4 is 5.91 Å². The van der Waals surface area contributed by atoms with Crippen LogP contribution in [0.1, 0.15) is 31.5 Å². The summed E-state index contributed by atoms with van der Waals surface area (Å²) in [6, 6.07) is 6.35. The lowest BCUT2D eigenvalue weighted by atomic mass is 9.95. The lowest BCUT2D eigenvalue weighted by Crippen LogP contribution is -2.52. The second-order valence-corrected chi connectivity index (χ2v) is 7.05. The number of pyridine rings is 1. The van der Waals surface area contributed by atoms with Crippen molar-refractivity contribution in [3.8, 4) is 12.3 Å². The summed E-state index contributed by atoms with van der Waals surface area (Å²) >= 11 is 0. The highest BCUT2D eigenvalue weighted by Crippen LogP contribution is 2.23. The SMILES string of the molecule is C#CCN1CCC(C(=O)N2CCN([C@H](C)c3ccccn3)CC2)CC1. The fourth-order valence-corrected chi connectivity index (χ4v) is 3.87. The van der Waals surface area contributed by atoms with Crippen molar-refractivity contribution in [2.75, 3.05) is 45.8 Å². The number of likely N-dealkylation sites (tertiary alicyclic amines) is 1. The average Bonchev–Trinajstić information content (AvgIpc) is 2.68. The smallest absolute Gasteiger partial charge is 0.225 e. The molecule has 3 heterocycles. The van der Waals surface area contributed by atoms with Gasteiger partial charge >= 0.3 is 0 Å². The number of aromatic nitrogens is 1. The molecule has 1 atom stereocenters. The van der Waals surface area contributed by atoms with E-state index in [1.165, 1.54) is 0 Å². The maximum Gasteiger partial charge on any atom is 0.225 e. The highest BCUT2D eigenvalue weighted by molar-refractivity contribution is 5.79. The topological polar surface area (TPSA) is 39.7 Å². The van der Waals surface area contributed by atoms with Gasteiger partial charge in [-0.1, -0.05) is 12.0 Å².